The van der Waals surface area contributed by atoms with Gasteiger partial charge in [-0.1, -0.05) is 32.9 Å². The molecular formula is C19H24N2O4S. The number of carbonyl (C=O) groups excluding carboxylic acids is 1. The van der Waals surface area contributed by atoms with Gasteiger partial charge in [0.25, 0.3) is 5.91 Å². The molecule has 2 N–H and O–H groups in total. The van der Waals surface area contributed by atoms with Gasteiger partial charge in [0, 0.05) is 18.3 Å². The van der Waals surface area contributed by atoms with Crippen LogP contribution in [0.15, 0.2) is 29.6 Å². The van der Waals surface area contributed by atoms with Crippen LogP contribution in [0.3, 0.4) is 0 Å². The summed E-state index contributed by atoms with van der Waals surface area (Å²) in [5.74, 6) is -0.608. The molecule has 2 rings (SSSR count). The van der Waals surface area contributed by atoms with Crippen LogP contribution in [0.2, 0.25) is 0 Å². The Balaban J connectivity index is 1.84. The first kappa shape index (κ1) is 19.9. The molecule has 1 heterocycles. The third kappa shape index (κ3) is 5.56. The summed E-state index contributed by atoms with van der Waals surface area (Å²) in [7, 11) is 0. The average molecular weight is 376 g/mol. The van der Waals surface area contributed by atoms with Gasteiger partial charge in [0.2, 0.25) is 0 Å². The van der Waals surface area contributed by atoms with E-state index in [-0.39, 0.29) is 17.0 Å². The molecule has 140 valence electrons. The van der Waals surface area contributed by atoms with Crippen molar-refractivity contribution in [1.82, 2.24) is 10.3 Å². The Hall–Kier alpha value is -2.41. The number of aromatic nitrogens is 1. The van der Waals surface area contributed by atoms with Crippen LogP contribution in [0.1, 0.15) is 48.8 Å². The van der Waals surface area contributed by atoms with Gasteiger partial charge in [0.1, 0.15) is 5.75 Å². The zero-order chi connectivity index (χ0) is 19.3. The highest BCUT2D eigenvalue weighted by atomic mass is 32.1. The molecule has 0 fully saturated rings. The van der Waals surface area contributed by atoms with Crippen LogP contribution in [-0.2, 0) is 16.6 Å². The second-order valence-corrected chi connectivity index (χ2v) is 7.95. The van der Waals surface area contributed by atoms with Gasteiger partial charge in [0.05, 0.1) is 5.01 Å². The number of rotatable bonds is 7. The Labute approximate surface area is 157 Å². The molecule has 1 unspecified atom stereocenters. The lowest BCUT2D eigenvalue weighted by molar-refractivity contribution is -0.127. The number of carbonyl (C=O) groups is 2. The zero-order valence-electron chi connectivity index (χ0n) is 15.4. The molecule has 0 aliphatic rings. The van der Waals surface area contributed by atoms with E-state index in [0.29, 0.717) is 23.7 Å². The molecule has 0 radical (unpaired) electrons. The number of hydrogen-bond acceptors (Lipinski definition) is 5. The van der Waals surface area contributed by atoms with Gasteiger partial charge >= 0.3 is 5.97 Å². The van der Waals surface area contributed by atoms with E-state index in [0.717, 1.165) is 5.56 Å². The predicted molar refractivity (Wildman–Crippen MR) is 101 cm³/mol. The molecule has 0 aliphatic carbocycles. The van der Waals surface area contributed by atoms with E-state index in [1.807, 2.05) is 24.3 Å². The molecule has 0 saturated carbocycles. The third-order valence-corrected chi connectivity index (χ3v) is 4.70. The van der Waals surface area contributed by atoms with E-state index in [1.165, 1.54) is 16.7 Å². The highest BCUT2D eigenvalue weighted by Gasteiger charge is 2.17. The number of carboxylic acids is 1. The Morgan fingerprint density at radius 3 is 2.69 bits per heavy atom. The molecule has 0 spiro atoms. The maximum Gasteiger partial charge on any atom is 0.355 e. The van der Waals surface area contributed by atoms with Crippen molar-refractivity contribution >= 4 is 23.2 Å². The van der Waals surface area contributed by atoms with Crippen molar-refractivity contribution in [3.05, 3.63) is 45.9 Å². The smallest absolute Gasteiger partial charge is 0.355 e. The van der Waals surface area contributed by atoms with Gasteiger partial charge in [0.15, 0.2) is 11.8 Å². The lowest BCUT2D eigenvalue weighted by atomic mass is 9.87. The maximum atomic E-state index is 12.2. The van der Waals surface area contributed by atoms with Gasteiger partial charge in [-0.3, -0.25) is 4.79 Å². The predicted octanol–water partition coefficient (Wildman–Crippen LogP) is 3.27. The Bertz CT molecular complexity index is 780. The normalized spacial score (nSPS) is 12.5. The number of carboxylic acid groups (broad SMARTS) is 1. The Morgan fingerprint density at radius 2 is 2.08 bits per heavy atom. The first-order chi connectivity index (χ1) is 12.2. The van der Waals surface area contributed by atoms with Crippen LogP contribution < -0.4 is 10.1 Å². The van der Waals surface area contributed by atoms with E-state index < -0.39 is 12.1 Å². The largest absolute Gasteiger partial charge is 0.481 e. The minimum absolute atomic E-state index is 0.00732. The highest BCUT2D eigenvalue weighted by Crippen LogP contribution is 2.26. The summed E-state index contributed by atoms with van der Waals surface area (Å²) in [4.78, 5) is 27.0. The SMILES string of the molecule is CC(Oc1cccc(C(C)(C)C)c1)C(=O)NCCc1nc(C(=O)O)cs1. The minimum atomic E-state index is -1.05. The number of benzene rings is 1. The lowest BCUT2D eigenvalue weighted by Gasteiger charge is -2.21. The van der Waals surface area contributed by atoms with Crippen molar-refractivity contribution in [3.8, 4) is 5.75 Å². The number of hydrogen-bond donors (Lipinski definition) is 2. The highest BCUT2D eigenvalue weighted by molar-refractivity contribution is 7.09. The van der Waals surface area contributed by atoms with Crippen molar-refractivity contribution in [2.24, 2.45) is 0 Å². The van der Waals surface area contributed by atoms with Gasteiger partial charge in [-0.15, -0.1) is 11.3 Å². The topological polar surface area (TPSA) is 88.5 Å². The standard InChI is InChI=1S/C19H24N2O4S/c1-12(25-14-7-5-6-13(10-14)19(2,3)4)17(22)20-9-8-16-21-15(11-26-16)18(23)24/h5-7,10-12H,8-9H2,1-4H3,(H,20,22)(H,23,24). The molecule has 1 aromatic heterocycles. The number of aromatic carboxylic acids is 1. The maximum absolute atomic E-state index is 12.2. The summed E-state index contributed by atoms with van der Waals surface area (Å²) in [5.41, 5.74) is 1.18. The van der Waals surface area contributed by atoms with Crippen molar-refractivity contribution in [3.63, 3.8) is 0 Å². The van der Waals surface area contributed by atoms with Crippen LogP contribution >= 0.6 is 11.3 Å². The average Bonchev–Trinajstić information content (AvgIpc) is 3.03. The zero-order valence-corrected chi connectivity index (χ0v) is 16.2. The molecule has 0 aliphatic heterocycles. The lowest BCUT2D eigenvalue weighted by Crippen LogP contribution is -2.37. The van der Waals surface area contributed by atoms with E-state index in [1.54, 1.807) is 6.92 Å². The fourth-order valence-electron chi connectivity index (χ4n) is 2.25. The summed E-state index contributed by atoms with van der Waals surface area (Å²) in [6.07, 6.45) is -0.147. The van der Waals surface area contributed by atoms with Crippen LogP contribution in [0, 0.1) is 0 Å². The van der Waals surface area contributed by atoms with Crippen LogP contribution in [0.25, 0.3) is 0 Å². The van der Waals surface area contributed by atoms with Gasteiger partial charge in [-0.05, 0) is 30.0 Å². The number of nitrogens with one attached hydrogen (secondary N) is 1. The van der Waals surface area contributed by atoms with E-state index in [9.17, 15) is 9.59 Å². The van der Waals surface area contributed by atoms with Crippen molar-refractivity contribution < 1.29 is 19.4 Å². The van der Waals surface area contributed by atoms with Crippen LogP contribution in [0.5, 0.6) is 5.75 Å². The molecule has 0 bridgehead atoms. The number of thiazole rings is 1. The van der Waals surface area contributed by atoms with Crippen LogP contribution in [0.4, 0.5) is 0 Å². The molecule has 1 amide bonds. The molecular weight excluding hydrogens is 352 g/mol. The quantitative estimate of drug-likeness (QED) is 0.774. The molecule has 1 atom stereocenters. The first-order valence-corrected chi connectivity index (χ1v) is 9.27. The molecule has 2 aromatic rings. The summed E-state index contributed by atoms with van der Waals surface area (Å²) in [6, 6.07) is 7.74. The van der Waals surface area contributed by atoms with Gasteiger partial charge < -0.3 is 15.2 Å². The number of nitrogens with zero attached hydrogens (tertiary/aromatic N) is 1. The summed E-state index contributed by atoms with van der Waals surface area (Å²) >= 11 is 1.27. The number of ether oxygens (including phenoxy) is 1. The summed E-state index contributed by atoms with van der Waals surface area (Å²) in [6.45, 7) is 8.44. The van der Waals surface area contributed by atoms with Gasteiger partial charge in [-0.25, -0.2) is 9.78 Å². The molecule has 0 saturated heterocycles. The first-order valence-electron chi connectivity index (χ1n) is 8.39. The second-order valence-electron chi connectivity index (χ2n) is 7.01. The Kier molecular flexibility index (Phi) is 6.37. The van der Waals surface area contributed by atoms with Crippen molar-refractivity contribution in [1.29, 1.82) is 0 Å². The van der Waals surface area contributed by atoms with Gasteiger partial charge in [-0.2, -0.15) is 0 Å². The van der Waals surface area contributed by atoms with Crippen molar-refractivity contribution in [2.75, 3.05) is 6.54 Å². The van der Waals surface area contributed by atoms with E-state index >= 15 is 0 Å². The monoisotopic (exact) mass is 376 g/mol. The molecule has 26 heavy (non-hydrogen) atoms. The fraction of sp³-hybridized carbons (Fsp3) is 0.421. The molecule has 7 heteroatoms. The molecule has 6 nitrogen and oxygen atoms in total. The fourth-order valence-corrected chi connectivity index (χ4v) is 3.03. The summed E-state index contributed by atoms with van der Waals surface area (Å²) in [5, 5.41) is 13.8. The minimum Gasteiger partial charge on any atom is -0.481 e. The summed E-state index contributed by atoms with van der Waals surface area (Å²) < 4.78 is 5.75. The third-order valence-electron chi connectivity index (χ3n) is 3.79. The van der Waals surface area contributed by atoms with Crippen molar-refractivity contribution in [2.45, 2.75) is 45.6 Å². The van der Waals surface area contributed by atoms with Crippen LogP contribution in [-0.4, -0.2) is 34.6 Å². The number of amides is 1. The van der Waals surface area contributed by atoms with E-state index in [2.05, 4.69) is 31.1 Å². The molecule has 1 aromatic carbocycles. The Morgan fingerprint density at radius 1 is 1.35 bits per heavy atom. The van der Waals surface area contributed by atoms with E-state index in [4.69, 9.17) is 9.84 Å². The second kappa shape index (κ2) is 8.31.